The Morgan fingerprint density at radius 1 is 1.19 bits per heavy atom. The van der Waals surface area contributed by atoms with Crippen molar-refractivity contribution in [3.8, 4) is 17.6 Å². The number of hydrogen-bond acceptors (Lipinski definition) is 4. The number of hydrogen-bond donors (Lipinski definition) is 1. The molecule has 0 aliphatic carbocycles. The maximum atomic E-state index is 5.81. The van der Waals surface area contributed by atoms with Gasteiger partial charge < -0.3 is 15.2 Å². The molecular formula is C17H19NO2S. The Balaban J connectivity index is 1.92. The third-order valence-corrected chi connectivity index (χ3v) is 3.85. The molecule has 2 rings (SSSR count). The molecule has 21 heavy (non-hydrogen) atoms. The number of nitrogens with two attached hydrogens (primary N) is 1. The lowest BCUT2D eigenvalue weighted by Crippen LogP contribution is -1.97. The zero-order valence-corrected chi connectivity index (χ0v) is 12.9. The van der Waals surface area contributed by atoms with E-state index in [0.29, 0.717) is 13.2 Å². The number of benzene rings is 1. The predicted molar refractivity (Wildman–Crippen MR) is 86.6 cm³/mol. The first-order valence-corrected chi connectivity index (χ1v) is 7.67. The lowest BCUT2D eigenvalue weighted by molar-refractivity contribution is 0.202. The molecular weight excluding hydrogens is 282 g/mol. The van der Waals surface area contributed by atoms with Crippen LogP contribution in [-0.2, 0) is 17.8 Å². The van der Waals surface area contributed by atoms with Crippen molar-refractivity contribution >= 4 is 11.3 Å². The molecule has 0 saturated heterocycles. The number of thiophene rings is 1. The molecule has 0 fully saturated rings. The van der Waals surface area contributed by atoms with Crippen LogP contribution < -0.4 is 10.5 Å². The summed E-state index contributed by atoms with van der Waals surface area (Å²) in [4.78, 5) is 1.12. The molecule has 0 radical (unpaired) electrons. The van der Waals surface area contributed by atoms with Crippen LogP contribution in [0.5, 0.6) is 5.75 Å². The van der Waals surface area contributed by atoms with E-state index in [1.807, 2.05) is 23.6 Å². The van der Waals surface area contributed by atoms with Gasteiger partial charge in [0, 0.05) is 12.7 Å². The topological polar surface area (TPSA) is 44.5 Å². The summed E-state index contributed by atoms with van der Waals surface area (Å²) in [5, 5.41) is 2.02. The fourth-order valence-electron chi connectivity index (χ4n) is 1.83. The number of methoxy groups -OCH3 is 1. The first-order valence-electron chi connectivity index (χ1n) is 6.79. The Bertz CT molecular complexity index is 608. The fourth-order valence-corrected chi connectivity index (χ4v) is 2.57. The second-order valence-electron chi connectivity index (χ2n) is 4.44. The monoisotopic (exact) mass is 301 g/mol. The van der Waals surface area contributed by atoms with E-state index in [1.54, 1.807) is 18.4 Å². The standard InChI is InChI=1S/C17H19NO2S/c1-19-11-8-14-4-6-16(7-5-14)20-13-17-15(3-2-10-18)9-12-21-17/h4-7,9,12H,8,10-11,13,18H2,1H3. The van der Waals surface area contributed by atoms with Crippen molar-refractivity contribution in [1.82, 2.24) is 0 Å². The second-order valence-corrected chi connectivity index (χ2v) is 5.44. The minimum Gasteiger partial charge on any atom is -0.488 e. The first-order chi connectivity index (χ1) is 10.3. The minimum atomic E-state index is 0.374. The summed E-state index contributed by atoms with van der Waals surface area (Å²) in [6.45, 7) is 1.64. The van der Waals surface area contributed by atoms with Gasteiger partial charge in [-0.25, -0.2) is 0 Å². The quantitative estimate of drug-likeness (QED) is 0.835. The SMILES string of the molecule is COCCc1ccc(OCc2sccc2C#CCN)cc1. The summed E-state index contributed by atoms with van der Waals surface area (Å²) in [5.41, 5.74) is 7.65. The Kier molecular flexibility index (Phi) is 6.29. The molecule has 0 bridgehead atoms. The maximum Gasteiger partial charge on any atom is 0.124 e. The van der Waals surface area contributed by atoms with Crippen LogP contribution in [0.25, 0.3) is 0 Å². The van der Waals surface area contributed by atoms with Gasteiger partial charge >= 0.3 is 0 Å². The van der Waals surface area contributed by atoms with Gasteiger partial charge in [-0.1, -0.05) is 24.0 Å². The summed E-state index contributed by atoms with van der Waals surface area (Å²) < 4.78 is 10.9. The zero-order valence-electron chi connectivity index (χ0n) is 12.1. The predicted octanol–water partition coefficient (Wildman–Crippen LogP) is 2.83. The van der Waals surface area contributed by atoms with E-state index in [1.165, 1.54) is 5.56 Å². The highest BCUT2D eigenvalue weighted by atomic mass is 32.1. The van der Waals surface area contributed by atoms with Gasteiger partial charge in [-0.05, 0) is 35.6 Å². The minimum absolute atomic E-state index is 0.374. The van der Waals surface area contributed by atoms with Crippen molar-refractivity contribution in [2.24, 2.45) is 5.73 Å². The van der Waals surface area contributed by atoms with Gasteiger partial charge in [0.25, 0.3) is 0 Å². The third-order valence-electron chi connectivity index (χ3n) is 2.96. The van der Waals surface area contributed by atoms with Gasteiger partial charge in [-0.3, -0.25) is 0 Å². The summed E-state index contributed by atoms with van der Waals surface area (Å²) in [5.74, 6) is 6.80. The van der Waals surface area contributed by atoms with Crippen LogP contribution >= 0.6 is 11.3 Å². The molecule has 0 spiro atoms. The fraction of sp³-hybridized carbons (Fsp3) is 0.294. The molecule has 1 aromatic heterocycles. The lowest BCUT2D eigenvalue weighted by Gasteiger charge is -2.06. The third kappa shape index (κ3) is 4.91. The maximum absolute atomic E-state index is 5.81. The van der Waals surface area contributed by atoms with Crippen LogP contribution in [0.1, 0.15) is 16.0 Å². The summed E-state index contributed by atoms with van der Waals surface area (Å²) in [6, 6.07) is 10.1. The van der Waals surface area contributed by atoms with Crippen molar-refractivity contribution in [3.05, 3.63) is 51.7 Å². The Hall–Kier alpha value is -1.80. The Morgan fingerprint density at radius 2 is 2.00 bits per heavy atom. The van der Waals surface area contributed by atoms with Crippen LogP contribution in [0.3, 0.4) is 0 Å². The highest BCUT2D eigenvalue weighted by Crippen LogP contribution is 2.20. The van der Waals surface area contributed by atoms with Crippen molar-refractivity contribution in [2.45, 2.75) is 13.0 Å². The van der Waals surface area contributed by atoms with Gasteiger partial charge in [0.05, 0.1) is 18.0 Å². The molecule has 4 heteroatoms. The van der Waals surface area contributed by atoms with E-state index in [9.17, 15) is 0 Å². The van der Waals surface area contributed by atoms with Gasteiger partial charge in [-0.2, -0.15) is 0 Å². The van der Waals surface area contributed by atoms with Crippen LogP contribution in [0.15, 0.2) is 35.7 Å². The molecule has 110 valence electrons. The molecule has 0 aliphatic heterocycles. The average molecular weight is 301 g/mol. The van der Waals surface area contributed by atoms with Crippen molar-refractivity contribution in [2.75, 3.05) is 20.3 Å². The van der Waals surface area contributed by atoms with Crippen LogP contribution in [0.4, 0.5) is 0 Å². The average Bonchev–Trinajstić information content (AvgIpc) is 2.97. The van der Waals surface area contributed by atoms with Gasteiger partial charge in [0.2, 0.25) is 0 Å². The molecule has 3 nitrogen and oxygen atoms in total. The second kappa shape index (κ2) is 8.48. The molecule has 2 N–H and O–H groups in total. The van der Waals surface area contributed by atoms with E-state index in [-0.39, 0.29) is 0 Å². The molecule has 0 aliphatic rings. The van der Waals surface area contributed by atoms with Crippen molar-refractivity contribution < 1.29 is 9.47 Å². The van der Waals surface area contributed by atoms with E-state index in [4.69, 9.17) is 15.2 Å². The molecule has 1 heterocycles. The molecule has 1 aromatic carbocycles. The molecule has 2 aromatic rings. The van der Waals surface area contributed by atoms with Crippen molar-refractivity contribution in [1.29, 1.82) is 0 Å². The van der Waals surface area contributed by atoms with Crippen LogP contribution in [-0.4, -0.2) is 20.3 Å². The zero-order chi connectivity index (χ0) is 14.9. The smallest absolute Gasteiger partial charge is 0.124 e. The van der Waals surface area contributed by atoms with Gasteiger partial charge in [-0.15, -0.1) is 11.3 Å². The summed E-state index contributed by atoms with van der Waals surface area (Å²) in [7, 11) is 1.71. The van der Waals surface area contributed by atoms with Crippen LogP contribution in [0.2, 0.25) is 0 Å². The number of rotatable bonds is 6. The van der Waals surface area contributed by atoms with Crippen LogP contribution in [0, 0.1) is 11.8 Å². The first kappa shape index (κ1) is 15.6. The highest BCUT2D eigenvalue weighted by Gasteiger charge is 2.03. The largest absolute Gasteiger partial charge is 0.488 e. The van der Waals surface area contributed by atoms with E-state index in [0.717, 1.165) is 29.2 Å². The molecule has 0 unspecified atom stereocenters. The highest BCUT2D eigenvalue weighted by molar-refractivity contribution is 7.10. The van der Waals surface area contributed by atoms with E-state index >= 15 is 0 Å². The van der Waals surface area contributed by atoms with E-state index in [2.05, 4.69) is 24.0 Å². The van der Waals surface area contributed by atoms with Crippen molar-refractivity contribution in [3.63, 3.8) is 0 Å². The molecule has 0 saturated carbocycles. The lowest BCUT2D eigenvalue weighted by atomic mass is 10.1. The Labute approximate surface area is 129 Å². The van der Waals surface area contributed by atoms with E-state index < -0.39 is 0 Å². The Morgan fingerprint density at radius 3 is 2.71 bits per heavy atom. The number of ether oxygens (including phenoxy) is 2. The molecule has 0 amide bonds. The summed E-state index contributed by atoms with van der Waals surface area (Å²) in [6.07, 6.45) is 0.917. The van der Waals surface area contributed by atoms with Gasteiger partial charge in [0.1, 0.15) is 12.4 Å². The van der Waals surface area contributed by atoms with Gasteiger partial charge in [0.15, 0.2) is 0 Å². The normalized spacial score (nSPS) is 10.0. The molecule has 0 atom stereocenters. The summed E-state index contributed by atoms with van der Waals surface area (Å²) >= 11 is 1.65.